The molecule has 1 fully saturated rings. The highest BCUT2D eigenvalue weighted by molar-refractivity contribution is 6.35. The smallest absolute Gasteiger partial charge is 0.325 e. The summed E-state index contributed by atoms with van der Waals surface area (Å²) in [7, 11) is 0. The number of hydrogen-bond donors (Lipinski definition) is 2. The molecule has 2 aromatic carbocycles. The van der Waals surface area contributed by atoms with Gasteiger partial charge in [0.1, 0.15) is 17.8 Å². The van der Waals surface area contributed by atoms with Crippen molar-refractivity contribution in [1.82, 2.24) is 10.2 Å². The van der Waals surface area contributed by atoms with Crippen molar-refractivity contribution in [2.45, 2.75) is 19.4 Å². The van der Waals surface area contributed by atoms with Crippen LogP contribution < -0.4 is 15.4 Å². The van der Waals surface area contributed by atoms with Crippen LogP contribution in [0.1, 0.15) is 19.4 Å². The molecule has 1 atom stereocenters. The molecule has 2 N–H and O–H groups in total. The van der Waals surface area contributed by atoms with Crippen LogP contribution in [0.5, 0.6) is 5.75 Å². The van der Waals surface area contributed by atoms with Gasteiger partial charge < -0.3 is 15.4 Å². The van der Waals surface area contributed by atoms with Crippen molar-refractivity contribution in [2.75, 3.05) is 18.5 Å². The van der Waals surface area contributed by atoms with Gasteiger partial charge in [0, 0.05) is 15.6 Å². The van der Waals surface area contributed by atoms with Crippen LogP contribution in [0, 0.1) is 0 Å². The fraction of sp³-hybridized carbons (Fsp3) is 0.250. The van der Waals surface area contributed by atoms with Crippen molar-refractivity contribution in [3.63, 3.8) is 0 Å². The quantitative estimate of drug-likeness (QED) is 0.675. The topological polar surface area (TPSA) is 87.7 Å². The molecular weight excluding hydrogens is 417 g/mol. The molecule has 7 nitrogen and oxygen atoms in total. The summed E-state index contributed by atoms with van der Waals surface area (Å²) in [5.74, 6) is -0.620. The zero-order valence-corrected chi connectivity index (χ0v) is 17.3. The summed E-state index contributed by atoms with van der Waals surface area (Å²) < 4.78 is 5.46. The summed E-state index contributed by atoms with van der Waals surface area (Å²) in [6.45, 7) is 3.34. The summed E-state index contributed by atoms with van der Waals surface area (Å²) in [4.78, 5) is 38.8. The second kappa shape index (κ2) is 8.31. The molecule has 0 aliphatic carbocycles. The average Bonchev–Trinajstić information content (AvgIpc) is 2.87. The Balaban J connectivity index is 1.77. The molecule has 1 heterocycles. The Labute approximate surface area is 177 Å². The third-order valence-electron chi connectivity index (χ3n) is 4.51. The zero-order chi connectivity index (χ0) is 21.2. The molecule has 3 rings (SSSR count). The standard InChI is InChI=1S/C20H19Cl2N3O4/c1-3-29-16-7-5-4-6-15(16)23-17(26)11-25-18(27)20(2,24-19(25)28)13-9-8-12(21)10-14(13)22/h4-10H,3,11H2,1-2H3,(H,23,26)(H,24,28)/t20-/m1/s1. The van der Waals surface area contributed by atoms with E-state index in [0.717, 1.165) is 4.90 Å². The molecule has 1 aliphatic heterocycles. The SMILES string of the molecule is CCOc1ccccc1NC(=O)CN1C(=O)N[C@](C)(c2ccc(Cl)cc2Cl)C1=O. The van der Waals surface area contributed by atoms with Gasteiger partial charge in [0.15, 0.2) is 0 Å². The number of halogens is 2. The number of nitrogens with zero attached hydrogens (tertiary/aromatic N) is 1. The van der Waals surface area contributed by atoms with Crippen molar-refractivity contribution in [3.8, 4) is 5.75 Å². The molecular formula is C20H19Cl2N3O4. The summed E-state index contributed by atoms with van der Waals surface area (Å²) >= 11 is 12.1. The van der Waals surface area contributed by atoms with Gasteiger partial charge in [0.2, 0.25) is 5.91 Å². The molecule has 2 aromatic rings. The first-order chi connectivity index (χ1) is 13.8. The lowest BCUT2D eigenvalue weighted by molar-refractivity contribution is -0.133. The number of anilines is 1. The molecule has 0 bridgehead atoms. The molecule has 1 saturated heterocycles. The van der Waals surface area contributed by atoms with Crippen LogP contribution in [-0.4, -0.2) is 35.9 Å². The average molecular weight is 436 g/mol. The van der Waals surface area contributed by atoms with Crippen LogP contribution in [0.2, 0.25) is 10.0 Å². The van der Waals surface area contributed by atoms with Crippen molar-refractivity contribution in [2.24, 2.45) is 0 Å². The molecule has 0 unspecified atom stereocenters. The van der Waals surface area contributed by atoms with Gasteiger partial charge >= 0.3 is 6.03 Å². The van der Waals surface area contributed by atoms with E-state index in [4.69, 9.17) is 27.9 Å². The highest BCUT2D eigenvalue weighted by Gasteiger charge is 2.50. The van der Waals surface area contributed by atoms with Crippen LogP contribution in [0.3, 0.4) is 0 Å². The number of rotatable bonds is 6. The molecule has 0 spiro atoms. The van der Waals surface area contributed by atoms with E-state index in [9.17, 15) is 14.4 Å². The monoisotopic (exact) mass is 435 g/mol. The van der Waals surface area contributed by atoms with E-state index in [-0.39, 0.29) is 5.02 Å². The van der Waals surface area contributed by atoms with Crippen LogP contribution in [0.15, 0.2) is 42.5 Å². The second-order valence-electron chi connectivity index (χ2n) is 6.55. The number of amides is 4. The van der Waals surface area contributed by atoms with Gasteiger partial charge in [0.05, 0.1) is 12.3 Å². The van der Waals surface area contributed by atoms with E-state index in [0.29, 0.717) is 28.6 Å². The van der Waals surface area contributed by atoms with E-state index < -0.39 is 29.9 Å². The minimum Gasteiger partial charge on any atom is -0.492 e. The van der Waals surface area contributed by atoms with Crippen LogP contribution >= 0.6 is 23.2 Å². The Bertz CT molecular complexity index is 982. The number of nitrogens with one attached hydrogen (secondary N) is 2. The highest BCUT2D eigenvalue weighted by Crippen LogP contribution is 2.35. The maximum atomic E-state index is 13.0. The number of para-hydroxylation sites is 2. The van der Waals surface area contributed by atoms with E-state index >= 15 is 0 Å². The minimum atomic E-state index is -1.40. The van der Waals surface area contributed by atoms with E-state index in [2.05, 4.69) is 10.6 Å². The molecule has 4 amide bonds. The number of carbonyl (C=O) groups excluding carboxylic acids is 3. The summed E-state index contributed by atoms with van der Waals surface area (Å²) in [5.41, 5.74) is -0.552. The predicted octanol–water partition coefficient (Wildman–Crippen LogP) is 3.80. The third-order valence-corrected chi connectivity index (χ3v) is 5.06. The van der Waals surface area contributed by atoms with Gasteiger partial charge in [-0.15, -0.1) is 0 Å². The predicted molar refractivity (Wildman–Crippen MR) is 110 cm³/mol. The normalized spacial score (nSPS) is 18.6. The number of imide groups is 1. The van der Waals surface area contributed by atoms with Crippen LogP contribution in [-0.2, 0) is 15.1 Å². The van der Waals surface area contributed by atoms with E-state index in [1.165, 1.54) is 13.0 Å². The number of benzene rings is 2. The molecule has 9 heteroatoms. The van der Waals surface area contributed by atoms with Crippen LogP contribution in [0.25, 0.3) is 0 Å². The van der Waals surface area contributed by atoms with Gasteiger partial charge in [-0.1, -0.05) is 41.4 Å². The van der Waals surface area contributed by atoms with E-state index in [1.54, 1.807) is 36.4 Å². The lowest BCUT2D eigenvalue weighted by atomic mass is 9.92. The molecule has 152 valence electrons. The van der Waals surface area contributed by atoms with E-state index in [1.807, 2.05) is 6.92 Å². The number of carbonyl (C=O) groups is 3. The zero-order valence-electron chi connectivity index (χ0n) is 15.8. The van der Waals surface area contributed by atoms with Gasteiger partial charge in [-0.3, -0.25) is 14.5 Å². The first-order valence-corrected chi connectivity index (χ1v) is 9.63. The van der Waals surface area contributed by atoms with Crippen molar-refractivity contribution in [3.05, 3.63) is 58.1 Å². The van der Waals surface area contributed by atoms with Gasteiger partial charge in [0.25, 0.3) is 5.91 Å². The Hall–Kier alpha value is -2.77. The first-order valence-electron chi connectivity index (χ1n) is 8.87. The fourth-order valence-electron chi connectivity index (χ4n) is 3.10. The Kier molecular flexibility index (Phi) is 6.00. The van der Waals surface area contributed by atoms with Crippen LogP contribution in [0.4, 0.5) is 10.5 Å². The molecule has 29 heavy (non-hydrogen) atoms. The van der Waals surface area contributed by atoms with Gasteiger partial charge in [-0.25, -0.2) is 4.79 Å². The van der Waals surface area contributed by atoms with Crippen molar-refractivity contribution >= 4 is 46.7 Å². The Morgan fingerprint density at radius 1 is 1.21 bits per heavy atom. The third kappa shape index (κ3) is 4.16. The summed E-state index contributed by atoms with van der Waals surface area (Å²) in [6.07, 6.45) is 0. The van der Waals surface area contributed by atoms with Gasteiger partial charge in [-0.05, 0) is 38.1 Å². The number of ether oxygens (including phenoxy) is 1. The lowest BCUT2D eigenvalue weighted by Crippen LogP contribution is -2.42. The number of urea groups is 1. The van der Waals surface area contributed by atoms with Crippen molar-refractivity contribution < 1.29 is 19.1 Å². The number of hydrogen-bond acceptors (Lipinski definition) is 4. The summed E-state index contributed by atoms with van der Waals surface area (Å²) in [6, 6.07) is 10.9. The maximum Gasteiger partial charge on any atom is 0.325 e. The Morgan fingerprint density at radius 2 is 1.93 bits per heavy atom. The second-order valence-corrected chi connectivity index (χ2v) is 7.39. The highest BCUT2D eigenvalue weighted by atomic mass is 35.5. The largest absolute Gasteiger partial charge is 0.492 e. The fourth-order valence-corrected chi connectivity index (χ4v) is 3.70. The maximum absolute atomic E-state index is 13.0. The lowest BCUT2D eigenvalue weighted by Gasteiger charge is -2.23. The molecule has 0 radical (unpaired) electrons. The first kappa shape index (κ1) is 21.0. The molecule has 0 saturated carbocycles. The molecule has 1 aliphatic rings. The molecule has 0 aromatic heterocycles. The Morgan fingerprint density at radius 3 is 2.62 bits per heavy atom. The summed E-state index contributed by atoms with van der Waals surface area (Å²) in [5, 5.41) is 5.93. The van der Waals surface area contributed by atoms with Gasteiger partial charge in [-0.2, -0.15) is 0 Å². The van der Waals surface area contributed by atoms with Crippen molar-refractivity contribution in [1.29, 1.82) is 0 Å². The minimum absolute atomic E-state index is 0.241.